The van der Waals surface area contributed by atoms with E-state index in [1.807, 2.05) is 6.07 Å². The van der Waals surface area contributed by atoms with Gasteiger partial charge in [0, 0.05) is 9.83 Å². The van der Waals surface area contributed by atoms with E-state index in [0.717, 1.165) is 9.13 Å². The molecule has 2 nitrogen and oxygen atoms in total. The van der Waals surface area contributed by atoms with Crippen LogP contribution in [0, 0.1) is 3.57 Å². The van der Waals surface area contributed by atoms with Gasteiger partial charge in [0.1, 0.15) is 0 Å². The van der Waals surface area contributed by atoms with Crippen LogP contribution in [0.25, 0.3) is 0 Å². The highest BCUT2D eigenvalue weighted by Crippen LogP contribution is 2.24. The van der Waals surface area contributed by atoms with Gasteiger partial charge in [-0.25, -0.2) is 8.42 Å². The van der Waals surface area contributed by atoms with E-state index in [1.54, 1.807) is 12.1 Å². The fourth-order valence-corrected chi connectivity index (χ4v) is 2.81. The summed E-state index contributed by atoms with van der Waals surface area (Å²) in [6.07, 6.45) is 1.24. The molecule has 0 fully saturated rings. The van der Waals surface area contributed by atoms with Gasteiger partial charge in [-0.05, 0) is 52.3 Å². The number of hydrogen-bond donors (Lipinski definition) is 0. The summed E-state index contributed by atoms with van der Waals surface area (Å²) >= 11 is 2.23. The molecule has 0 aliphatic carbocycles. The second-order valence-corrected chi connectivity index (χ2v) is 6.79. The van der Waals surface area contributed by atoms with Crippen LogP contribution in [0.3, 0.4) is 0 Å². The minimum absolute atomic E-state index is 0.351. The highest BCUT2D eigenvalue weighted by atomic mass is 127. The summed E-state index contributed by atoms with van der Waals surface area (Å²) in [5, 5.41) is 0. The SMILES string of the molecule is CC(C)c1cc(S(C)(=O)=O)ccc1I. The molecule has 1 aromatic carbocycles. The van der Waals surface area contributed by atoms with Gasteiger partial charge in [0.05, 0.1) is 4.90 Å². The maximum absolute atomic E-state index is 11.3. The third-order valence-electron chi connectivity index (χ3n) is 2.02. The Hall–Kier alpha value is -0.100. The first-order chi connectivity index (χ1) is 6.32. The first-order valence-electron chi connectivity index (χ1n) is 4.32. The Morgan fingerprint density at radius 2 is 1.86 bits per heavy atom. The predicted octanol–water partition coefficient (Wildman–Crippen LogP) is 2.82. The smallest absolute Gasteiger partial charge is 0.175 e. The van der Waals surface area contributed by atoms with Crippen LogP contribution in [0.1, 0.15) is 25.3 Å². The largest absolute Gasteiger partial charge is 0.224 e. The van der Waals surface area contributed by atoms with E-state index in [1.165, 1.54) is 6.26 Å². The summed E-state index contributed by atoms with van der Waals surface area (Å²) in [5.41, 5.74) is 1.09. The van der Waals surface area contributed by atoms with Crippen molar-refractivity contribution in [3.05, 3.63) is 27.3 Å². The minimum Gasteiger partial charge on any atom is -0.224 e. The summed E-state index contributed by atoms with van der Waals surface area (Å²) in [7, 11) is -3.08. The molecule has 0 N–H and O–H groups in total. The van der Waals surface area contributed by atoms with E-state index in [0.29, 0.717) is 10.8 Å². The molecule has 0 aliphatic rings. The molecule has 1 rings (SSSR count). The fourth-order valence-electron chi connectivity index (χ4n) is 1.19. The third kappa shape index (κ3) is 2.70. The zero-order valence-electron chi connectivity index (χ0n) is 8.41. The summed E-state index contributed by atoms with van der Waals surface area (Å²) in [6, 6.07) is 5.27. The van der Waals surface area contributed by atoms with E-state index in [4.69, 9.17) is 0 Å². The topological polar surface area (TPSA) is 34.1 Å². The van der Waals surface area contributed by atoms with Crippen LogP contribution in [-0.4, -0.2) is 14.7 Å². The van der Waals surface area contributed by atoms with Crippen molar-refractivity contribution in [2.24, 2.45) is 0 Å². The molecule has 78 valence electrons. The molecule has 4 heteroatoms. The van der Waals surface area contributed by atoms with Gasteiger partial charge < -0.3 is 0 Å². The molecule has 0 atom stereocenters. The fraction of sp³-hybridized carbons (Fsp3) is 0.400. The zero-order chi connectivity index (χ0) is 10.9. The number of halogens is 1. The van der Waals surface area contributed by atoms with Crippen molar-refractivity contribution >= 4 is 32.4 Å². The highest BCUT2D eigenvalue weighted by Gasteiger charge is 2.11. The minimum atomic E-state index is -3.08. The van der Waals surface area contributed by atoms with Crippen molar-refractivity contribution in [3.8, 4) is 0 Å². The van der Waals surface area contributed by atoms with Crippen LogP contribution in [0.4, 0.5) is 0 Å². The van der Waals surface area contributed by atoms with Crippen molar-refractivity contribution in [2.75, 3.05) is 6.26 Å². The van der Waals surface area contributed by atoms with Gasteiger partial charge in [-0.15, -0.1) is 0 Å². The van der Waals surface area contributed by atoms with E-state index in [9.17, 15) is 8.42 Å². The van der Waals surface area contributed by atoms with Crippen LogP contribution in [0.15, 0.2) is 23.1 Å². The first kappa shape index (κ1) is 12.0. The number of rotatable bonds is 2. The maximum atomic E-state index is 11.3. The Morgan fingerprint density at radius 3 is 2.29 bits per heavy atom. The molecule has 1 aromatic rings. The second-order valence-electron chi connectivity index (χ2n) is 3.61. The summed E-state index contributed by atoms with van der Waals surface area (Å²) in [5.74, 6) is 0.351. The molecular formula is C10H13IO2S. The van der Waals surface area contributed by atoms with Crippen LogP contribution < -0.4 is 0 Å². The van der Waals surface area contributed by atoms with Gasteiger partial charge in [-0.2, -0.15) is 0 Å². The van der Waals surface area contributed by atoms with Gasteiger partial charge in [-0.1, -0.05) is 13.8 Å². The second kappa shape index (κ2) is 4.18. The average Bonchev–Trinajstić information content (AvgIpc) is 2.02. The lowest BCUT2D eigenvalue weighted by atomic mass is 10.0. The van der Waals surface area contributed by atoms with Gasteiger partial charge in [-0.3, -0.25) is 0 Å². The van der Waals surface area contributed by atoms with Crippen molar-refractivity contribution in [1.82, 2.24) is 0 Å². The van der Waals surface area contributed by atoms with Gasteiger partial charge >= 0.3 is 0 Å². The number of benzene rings is 1. The van der Waals surface area contributed by atoms with E-state index in [-0.39, 0.29) is 0 Å². The maximum Gasteiger partial charge on any atom is 0.175 e. The Bertz CT molecular complexity index is 435. The molecule has 0 bridgehead atoms. The summed E-state index contributed by atoms with van der Waals surface area (Å²) in [6.45, 7) is 4.12. The van der Waals surface area contributed by atoms with Crippen molar-refractivity contribution in [2.45, 2.75) is 24.7 Å². The first-order valence-corrected chi connectivity index (χ1v) is 7.29. The normalized spacial score (nSPS) is 12.1. The molecular weight excluding hydrogens is 311 g/mol. The van der Waals surface area contributed by atoms with Crippen LogP contribution in [-0.2, 0) is 9.84 Å². The number of sulfone groups is 1. The van der Waals surface area contributed by atoms with E-state index < -0.39 is 9.84 Å². The Morgan fingerprint density at radius 1 is 1.29 bits per heavy atom. The molecule has 0 amide bonds. The highest BCUT2D eigenvalue weighted by molar-refractivity contribution is 14.1. The van der Waals surface area contributed by atoms with Crippen LogP contribution in [0.2, 0.25) is 0 Å². The van der Waals surface area contributed by atoms with Gasteiger partial charge in [0.2, 0.25) is 0 Å². The molecule has 0 aliphatic heterocycles. The van der Waals surface area contributed by atoms with E-state index in [2.05, 4.69) is 36.4 Å². The van der Waals surface area contributed by atoms with Crippen LogP contribution >= 0.6 is 22.6 Å². The quantitative estimate of drug-likeness (QED) is 0.784. The molecule has 0 unspecified atom stereocenters. The summed E-state index contributed by atoms with van der Waals surface area (Å²) in [4.78, 5) is 0.404. The lowest BCUT2D eigenvalue weighted by molar-refractivity contribution is 0.601. The molecule has 0 radical (unpaired) electrons. The standard InChI is InChI=1S/C10H13IO2S/c1-7(2)9-6-8(14(3,12)13)4-5-10(9)11/h4-7H,1-3H3. The zero-order valence-corrected chi connectivity index (χ0v) is 11.4. The van der Waals surface area contributed by atoms with Gasteiger partial charge in [0.15, 0.2) is 9.84 Å². The third-order valence-corrected chi connectivity index (χ3v) is 4.11. The molecule has 0 saturated carbocycles. The number of hydrogen-bond acceptors (Lipinski definition) is 2. The van der Waals surface area contributed by atoms with Crippen LogP contribution in [0.5, 0.6) is 0 Å². The van der Waals surface area contributed by atoms with E-state index >= 15 is 0 Å². The monoisotopic (exact) mass is 324 g/mol. The summed E-state index contributed by atoms with van der Waals surface area (Å²) < 4.78 is 23.7. The predicted molar refractivity (Wildman–Crippen MR) is 66.4 cm³/mol. The lowest BCUT2D eigenvalue weighted by Crippen LogP contribution is -2.00. The average molecular weight is 324 g/mol. The van der Waals surface area contributed by atoms with Crippen molar-refractivity contribution in [1.29, 1.82) is 0 Å². The van der Waals surface area contributed by atoms with Crippen molar-refractivity contribution < 1.29 is 8.42 Å². The Balaban J connectivity index is 3.34. The molecule has 0 heterocycles. The molecule has 0 aromatic heterocycles. The van der Waals surface area contributed by atoms with Crippen molar-refractivity contribution in [3.63, 3.8) is 0 Å². The Kier molecular flexibility index (Phi) is 3.58. The molecule has 14 heavy (non-hydrogen) atoms. The molecule has 0 saturated heterocycles. The lowest BCUT2D eigenvalue weighted by Gasteiger charge is -2.09. The Labute approximate surface area is 98.8 Å². The molecule has 0 spiro atoms. The van der Waals surface area contributed by atoms with Gasteiger partial charge in [0.25, 0.3) is 0 Å².